The number of thioether (sulfide) groups is 1. The van der Waals surface area contributed by atoms with E-state index in [9.17, 15) is 24.6 Å². The van der Waals surface area contributed by atoms with E-state index in [0.717, 1.165) is 5.56 Å². The van der Waals surface area contributed by atoms with Gasteiger partial charge in [-0.2, -0.15) is 11.8 Å². The Hall–Kier alpha value is -2.06. The van der Waals surface area contributed by atoms with Gasteiger partial charge in [0.1, 0.15) is 0 Å². The molecule has 1 unspecified atom stereocenters. The number of carboxylic acid groups (broad SMARTS) is 2. The summed E-state index contributed by atoms with van der Waals surface area (Å²) >= 11 is 1.56. The van der Waals surface area contributed by atoms with Crippen LogP contribution in [0.2, 0.25) is 0 Å². The summed E-state index contributed by atoms with van der Waals surface area (Å²) in [7, 11) is 0. The van der Waals surface area contributed by atoms with Gasteiger partial charge >= 0.3 is 11.9 Å². The summed E-state index contributed by atoms with van der Waals surface area (Å²) in [6.45, 7) is 5.96. The van der Waals surface area contributed by atoms with Gasteiger partial charge in [0.25, 0.3) is 0 Å². The smallest absolute Gasteiger partial charge is 0.335 e. The fourth-order valence-electron chi connectivity index (χ4n) is 2.68. The molecule has 0 saturated carbocycles. The minimum absolute atomic E-state index is 0.170. The number of benzene rings is 1. The standard InChI is InChI=1S/C20H29NO6S/c1-20(2,3)16-11-13(10-15(12-16)19(25)26)9-14(18(23)24)6-8-28-7-4-5-17(22)21-27/h10-12,14,27H,4-9H2,1-3H3,(H,21,22)(H,23,24)(H,25,26). The minimum atomic E-state index is -1.03. The second kappa shape index (κ2) is 11.1. The van der Waals surface area contributed by atoms with Crippen molar-refractivity contribution in [2.45, 2.75) is 51.9 Å². The largest absolute Gasteiger partial charge is 0.481 e. The fourth-order valence-corrected chi connectivity index (χ4v) is 3.69. The third-order valence-electron chi connectivity index (χ3n) is 4.36. The predicted octanol–water partition coefficient (Wildman–Crippen LogP) is 3.33. The van der Waals surface area contributed by atoms with Gasteiger partial charge in [0.2, 0.25) is 5.91 Å². The SMILES string of the molecule is CC(C)(C)c1cc(CC(CCSCCCC(=O)NO)C(=O)O)cc(C(=O)O)c1. The third kappa shape index (κ3) is 8.31. The van der Waals surface area contributed by atoms with Crippen LogP contribution in [0.5, 0.6) is 0 Å². The van der Waals surface area contributed by atoms with Gasteiger partial charge < -0.3 is 10.2 Å². The minimum Gasteiger partial charge on any atom is -0.481 e. The molecule has 0 spiro atoms. The number of carboxylic acids is 2. The Labute approximate surface area is 169 Å². The molecule has 4 N–H and O–H groups in total. The summed E-state index contributed by atoms with van der Waals surface area (Å²) in [4.78, 5) is 34.0. The van der Waals surface area contributed by atoms with Crippen molar-refractivity contribution < 1.29 is 29.8 Å². The molecule has 0 fully saturated rings. The van der Waals surface area contributed by atoms with E-state index in [1.165, 1.54) is 0 Å². The fraction of sp³-hybridized carbons (Fsp3) is 0.550. The first kappa shape index (κ1) is 24.0. The maximum absolute atomic E-state index is 11.6. The zero-order chi connectivity index (χ0) is 21.3. The molecule has 1 amide bonds. The van der Waals surface area contributed by atoms with Crippen molar-refractivity contribution in [3.63, 3.8) is 0 Å². The van der Waals surface area contributed by atoms with Crippen molar-refractivity contribution in [1.82, 2.24) is 5.48 Å². The van der Waals surface area contributed by atoms with Gasteiger partial charge in [-0.1, -0.05) is 26.8 Å². The summed E-state index contributed by atoms with van der Waals surface area (Å²) in [6.07, 6.45) is 1.55. The van der Waals surface area contributed by atoms with E-state index in [1.54, 1.807) is 29.4 Å². The number of amides is 1. The first-order chi connectivity index (χ1) is 13.0. The first-order valence-corrected chi connectivity index (χ1v) is 10.3. The van der Waals surface area contributed by atoms with Crippen molar-refractivity contribution in [3.05, 3.63) is 34.9 Å². The lowest BCUT2D eigenvalue weighted by Gasteiger charge is -2.21. The van der Waals surface area contributed by atoms with Crippen molar-refractivity contribution in [3.8, 4) is 0 Å². The second-order valence-electron chi connectivity index (χ2n) is 7.75. The highest BCUT2D eigenvalue weighted by Crippen LogP contribution is 2.26. The molecule has 0 aliphatic heterocycles. The van der Waals surface area contributed by atoms with Crippen LogP contribution in [-0.2, 0) is 21.4 Å². The molecule has 1 atom stereocenters. The van der Waals surface area contributed by atoms with Crippen molar-refractivity contribution in [2.75, 3.05) is 11.5 Å². The molecule has 0 aliphatic rings. The summed E-state index contributed by atoms with van der Waals surface area (Å²) in [6, 6.07) is 5.08. The van der Waals surface area contributed by atoms with Gasteiger partial charge in [-0.25, -0.2) is 10.3 Å². The highest BCUT2D eigenvalue weighted by molar-refractivity contribution is 7.99. The molecule has 0 bridgehead atoms. The lowest BCUT2D eigenvalue weighted by molar-refractivity contribution is -0.141. The topological polar surface area (TPSA) is 124 Å². The van der Waals surface area contributed by atoms with Crippen LogP contribution in [0.3, 0.4) is 0 Å². The predicted molar refractivity (Wildman–Crippen MR) is 108 cm³/mol. The molecular formula is C20H29NO6S. The van der Waals surface area contributed by atoms with E-state index in [0.29, 0.717) is 29.9 Å². The number of aliphatic carboxylic acids is 1. The van der Waals surface area contributed by atoms with E-state index >= 15 is 0 Å². The van der Waals surface area contributed by atoms with Crippen LogP contribution in [0, 0.1) is 5.92 Å². The number of carbonyl (C=O) groups excluding carboxylic acids is 1. The maximum Gasteiger partial charge on any atom is 0.335 e. The highest BCUT2D eigenvalue weighted by Gasteiger charge is 2.22. The molecule has 0 heterocycles. The number of hydrogen-bond donors (Lipinski definition) is 4. The van der Waals surface area contributed by atoms with Gasteiger partial charge in [-0.3, -0.25) is 14.8 Å². The number of hydrogen-bond acceptors (Lipinski definition) is 5. The average molecular weight is 412 g/mol. The molecule has 1 aromatic rings. The van der Waals surface area contributed by atoms with Crippen LogP contribution in [0.4, 0.5) is 0 Å². The number of rotatable bonds is 11. The molecule has 1 aromatic carbocycles. The Morgan fingerprint density at radius 2 is 1.79 bits per heavy atom. The average Bonchev–Trinajstić information content (AvgIpc) is 2.61. The Kier molecular flexibility index (Phi) is 9.48. The number of nitrogens with one attached hydrogen (secondary N) is 1. The third-order valence-corrected chi connectivity index (χ3v) is 5.47. The number of carbonyl (C=O) groups is 3. The lowest BCUT2D eigenvalue weighted by atomic mass is 9.83. The summed E-state index contributed by atoms with van der Waals surface area (Å²) in [5, 5.41) is 27.3. The Morgan fingerprint density at radius 1 is 1.11 bits per heavy atom. The quantitative estimate of drug-likeness (QED) is 0.250. The molecule has 156 valence electrons. The van der Waals surface area contributed by atoms with Gasteiger partial charge in [-0.05, 0) is 59.4 Å². The first-order valence-electron chi connectivity index (χ1n) is 9.15. The van der Waals surface area contributed by atoms with E-state index < -0.39 is 23.8 Å². The molecule has 0 aromatic heterocycles. The molecule has 7 nitrogen and oxygen atoms in total. The summed E-state index contributed by atoms with van der Waals surface area (Å²) in [5.41, 5.74) is 3.08. The van der Waals surface area contributed by atoms with Crippen molar-refractivity contribution in [1.29, 1.82) is 0 Å². The molecule has 0 saturated heterocycles. The molecule has 0 aliphatic carbocycles. The van der Waals surface area contributed by atoms with Crippen molar-refractivity contribution in [2.24, 2.45) is 5.92 Å². The van der Waals surface area contributed by atoms with Crippen LogP contribution < -0.4 is 5.48 Å². The monoisotopic (exact) mass is 411 g/mol. The zero-order valence-corrected chi connectivity index (χ0v) is 17.3. The normalized spacial score (nSPS) is 12.4. The molecular weight excluding hydrogens is 382 g/mol. The van der Waals surface area contributed by atoms with Gasteiger partial charge in [0, 0.05) is 6.42 Å². The molecule has 28 heavy (non-hydrogen) atoms. The zero-order valence-electron chi connectivity index (χ0n) is 16.5. The van der Waals surface area contributed by atoms with E-state index in [2.05, 4.69) is 0 Å². The van der Waals surface area contributed by atoms with E-state index in [-0.39, 0.29) is 23.8 Å². The number of aromatic carboxylic acids is 1. The van der Waals surface area contributed by atoms with Crippen LogP contribution in [0.25, 0.3) is 0 Å². The lowest BCUT2D eigenvalue weighted by Crippen LogP contribution is -2.19. The van der Waals surface area contributed by atoms with E-state index in [4.69, 9.17) is 5.21 Å². The van der Waals surface area contributed by atoms with Crippen LogP contribution in [0.1, 0.15) is 61.5 Å². The van der Waals surface area contributed by atoms with Crippen LogP contribution in [-0.4, -0.2) is 44.8 Å². The molecule has 0 radical (unpaired) electrons. The van der Waals surface area contributed by atoms with Crippen LogP contribution in [0.15, 0.2) is 18.2 Å². The number of hydroxylamine groups is 1. The van der Waals surface area contributed by atoms with Gasteiger partial charge in [0.15, 0.2) is 0 Å². The summed E-state index contributed by atoms with van der Waals surface area (Å²) < 4.78 is 0. The Bertz CT molecular complexity index is 698. The molecule has 8 heteroatoms. The van der Waals surface area contributed by atoms with Gasteiger partial charge in [0.05, 0.1) is 11.5 Å². The van der Waals surface area contributed by atoms with E-state index in [1.807, 2.05) is 26.8 Å². The van der Waals surface area contributed by atoms with Gasteiger partial charge in [-0.15, -0.1) is 0 Å². The highest BCUT2D eigenvalue weighted by atomic mass is 32.2. The van der Waals surface area contributed by atoms with Crippen LogP contribution >= 0.6 is 11.8 Å². The Morgan fingerprint density at radius 3 is 2.32 bits per heavy atom. The maximum atomic E-state index is 11.6. The second-order valence-corrected chi connectivity index (χ2v) is 8.98. The van der Waals surface area contributed by atoms with Crippen molar-refractivity contribution >= 4 is 29.6 Å². The Balaban J connectivity index is 2.73. The summed E-state index contributed by atoms with van der Waals surface area (Å²) in [5.74, 6) is -1.65. The molecule has 1 rings (SSSR count).